The summed E-state index contributed by atoms with van der Waals surface area (Å²) in [6, 6.07) is 11.8. The molecule has 0 aliphatic rings. The molecule has 0 saturated carbocycles. The number of nitro groups is 1. The number of rotatable bonds is 3. The quantitative estimate of drug-likeness (QED) is 0.685. The maximum absolute atomic E-state index is 12.1. The third kappa shape index (κ3) is 3.00. The number of nitrogens with one attached hydrogen (secondary N) is 1. The van der Waals surface area contributed by atoms with Gasteiger partial charge in [0, 0.05) is 22.9 Å². The van der Waals surface area contributed by atoms with Crippen molar-refractivity contribution < 1.29 is 9.72 Å². The molecule has 0 spiro atoms. The van der Waals surface area contributed by atoms with Gasteiger partial charge in [-0.2, -0.15) is 0 Å². The molecular formula is C15H14N2O3. The lowest BCUT2D eigenvalue weighted by Crippen LogP contribution is -2.12. The minimum atomic E-state index is -0.488. The monoisotopic (exact) mass is 270 g/mol. The largest absolute Gasteiger partial charge is 0.322 e. The third-order valence-corrected chi connectivity index (χ3v) is 2.98. The summed E-state index contributed by atoms with van der Waals surface area (Å²) in [6.45, 7) is 3.59. The Morgan fingerprint density at radius 3 is 2.35 bits per heavy atom. The van der Waals surface area contributed by atoms with Crippen molar-refractivity contribution in [3.05, 3.63) is 69.3 Å². The Balaban J connectivity index is 2.23. The molecule has 5 heteroatoms. The van der Waals surface area contributed by atoms with Gasteiger partial charge in [0.15, 0.2) is 0 Å². The van der Waals surface area contributed by atoms with Crippen LogP contribution in [-0.4, -0.2) is 10.8 Å². The summed E-state index contributed by atoms with van der Waals surface area (Å²) in [5.41, 5.74) is 2.49. The van der Waals surface area contributed by atoms with Crippen molar-refractivity contribution in [1.29, 1.82) is 0 Å². The molecule has 0 fully saturated rings. The van der Waals surface area contributed by atoms with E-state index in [9.17, 15) is 14.9 Å². The average molecular weight is 270 g/mol. The molecule has 0 saturated heterocycles. The Hall–Kier alpha value is -2.69. The van der Waals surface area contributed by atoms with E-state index in [2.05, 4.69) is 5.32 Å². The topological polar surface area (TPSA) is 72.2 Å². The molecular weight excluding hydrogens is 256 g/mol. The van der Waals surface area contributed by atoms with Crippen LogP contribution in [0.15, 0.2) is 42.5 Å². The Kier molecular flexibility index (Phi) is 3.79. The molecule has 5 nitrogen and oxygen atoms in total. The summed E-state index contributed by atoms with van der Waals surface area (Å²) in [5, 5.41) is 13.6. The van der Waals surface area contributed by atoms with E-state index < -0.39 is 4.92 Å². The summed E-state index contributed by atoms with van der Waals surface area (Å²) >= 11 is 0. The molecule has 20 heavy (non-hydrogen) atoms. The van der Waals surface area contributed by atoms with Crippen LogP contribution >= 0.6 is 0 Å². The number of carbonyl (C=O) groups is 1. The van der Waals surface area contributed by atoms with Crippen molar-refractivity contribution >= 4 is 17.3 Å². The zero-order valence-corrected chi connectivity index (χ0v) is 11.2. The molecule has 0 heterocycles. The highest BCUT2D eigenvalue weighted by molar-refractivity contribution is 6.04. The number of nitro benzene ring substituents is 1. The van der Waals surface area contributed by atoms with Gasteiger partial charge in [0.2, 0.25) is 0 Å². The summed E-state index contributed by atoms with van der Waals surface area (Å²) in [5.74, 6) is -0.364. The molecule has 102 valence electrons. The van der Waals surface area contributed by atoms with E-state index in [4.69, 9.17) is 0 Å². The van der Waals surface area contributed by atoms with Gasteiger partial charge in [-0.15, -0.1) is 0 Å². The first-order chi connectivity index (χ1) is 9.47. The SMILES string of the molecule is Cc1ccc(NC(=O)c2ccc(C)c([N+](=O)[O-])c2)cc1. The van der Waals surface area contributed by atoms with Gasteiger partial charge in [0.05, 0.1) is 4.92 Å². The summed E-state index contributed by atoms with van der Waals surface area (Å²) in [7, 11) is 0. The Labute approximate surface area is 116 Å². The second-order valence-corrected chi connectivity index (χ2v) is 4.58. The number of benzene rings is 2. The fourth-order valence-corrected chi connectivity index (χ4v) is 1.79. The van der Waals surface area contributed by atoms with Gasteiger partial charge in [-0.1, -0.05) is 23.8 Å². The zero-order chi connectivity index (χ0) is 14.7. The van der Waals surface area contributed by atoms with Crippen LogP contribution < -0.4 is 5.32 Å². The van der Waals surface area contributed by atoms with Crippen molar-refractivity contribution in [3.8, 4) is 0 Å². The molecule has 0 unspecified atom stereocenters. The predicted molar refractivity (Wildman–Crippen MR) is 77.0 cm³/mol. The van der Waals surface area contributed by atoms with Crippen LogP contribution in [0.25, 0.3) is 0 Å². The molecule has 0 aliphatic heterocycles. The Bertz CT molecular complexity index is 663. The summed E-state index contributed by atoms with van der Waals surface area (Å²) in [4.78, 5) is 22.4. The number of anilines is 1. The number of carbonyl (C=O) groups excluding carboxylic acids is 1. The van der Waals surface area contributed by atoms with Crippen molar-refractivity contribution in [2.45, 2.75) is 13.8 Å². The summed E-state index contributed by atoms with van der Waals surface area (Å²) in [6.07, 6.45) is 0. The highest BCUT2D eigenvalue weighted by Crippen LogP contribution is 2.20. The van der Waals surface area contributed by atoms with Gasteiger partial charge in [-0.05, 0) is 32.0 Å². The smallest absolute Gasteiger partial charge is 0.273 e. The first-order valence-electron chi connectivity index (χ1n) is 6.10. The first-order valence-corrected chi connectivity index (χ1v) is 6.10. The van der Waals surface area contributed by atoms with Crippen LogP contribution in [-0.2, 0) is 0 Å². The van der Waals surface area contributed by atoms with Crippen LogP contribution in [0, 0.1) is 24.0 Å². The number of hydrogen-bond donors (Lipinski definition) is 1. The molecule has 0 bridgehead atoms. The maximum atomic E-state index is 12.1. The number of amides is 1. The van der Waals surface area contributed by atoms with E-state index in [1.54, 1.807) is 31.2 Å². The number of nitrogens with zero attached hydrogens (tertiary/aromatic N) is 1. The standard InChI is InChI=1S/C15H14N2O3/c1-10-3-7-13(8-4-10)16-15(18)12-6-5-11(2)14(9-12)17(19)20/h3-9H,1-2H3,(H,16,18). The average Bonchev–Trinajstić information content (AvgIpc) is 2.41. The Morgan fingerprint density at radius 2 is 1.75 bits per heavy atom. The lowest BCUT2D eigenvalue weighted by Gasteiger charge is -2.06. The highest BCUT2D eigenvalue weighted by atomic mass is 16.6. The van der Waals surface area contributed by atoms with Crippen LogP contribution in [0.1, 0.15) is 21.5 Å². The molecule has 0 atom stereocenters. The lowest BCUT2D eigenvalue weighted by molar-refractivity contribution is -0.385. The van der Waals surface area contributed by atoms with Gasteiger partial charge in [0.1, 0.15) is 0 Å². The van der Waals surface area contributed by atoms with Gasteiger partial charge < -0.3 is 5.32 Å². The van der Waals surface area contributed by atoms with E-state index in [0.717, 1.165) is 5.56 Å². The second kappa shape index (κ2) is 5.52. The van der Waals surface area contributed by atoms with Crippen LogP contribution in [0.5, 0.6) is 0 Å². The van der Waals surface area contributed by atoms with Gasteiger partial charge in [0.25, 0.3) is 11.6 Å². The molecule has 2 aromatic rings. The number of hydrogen-bond acceptors (Lipinski definition) is 3. The molecule has 0 radical (unpaired) electrons. The van der Waals surface area contributed by atoms with Gasteiger partial charge in [-0.3, -0.25) is 14.9 Å². The van der Waals surface area contributed by atoms with Crippen molar-refractivity contribution in [2.75, 3.05) is 5.32 Å². The fraction of sp³-hybridized carbons (Fsp3) is 0.133. The van der Waals surface area contributed by atoms with E-state index in [-0.39, 0.29) is 17.2 Å². The predicted octanol–water partition coefficient (Wildman–Crippen LogP) is 3.46. The zero-order valence-electron chi connectivity index (χ0n) is 11.2. The van der Waals surface area contributed by atoms with Crippen molar-refractivity contribution in [1.82, 2.24) is 0 Å². The molecule has 1 amide bonds. The third-order valence-electron chi connectivity index (χ3n) is 2.98. The fourth-order valence-electron chi connectivity index (χ4n) is 1.79. The van der Waals surface area contributed by atoms with Crippen LogP contribution in [0.3, 0.4) is 0 Å². The van der Waals surface area contributed by atoms with E-state index in [1.807, 2.05) is 19.1 Å². The van der Waals surface area contributed by atoms with E-state index >= 15 is 0 Å². The first kappa shape index (κ1) is 13.7. The van der Waals surface area contributed by atoms with Crippen molar-refractivity contribution in [2.24, 2.45) is 0 Å². The van der Waals surface area contributed by atoms with E-state index in [0.29, 0.717) is 11.3 Å². The highest BCUT2D eigenvalue weighted by Gasteiger charge is 2.14. The van der Waals surface area contributed by atoms with Gasteiger partial charge in [-0.25, -0.2) is 0 Å². The molecule has 2 aromatic carbocycles. The molecule has 0 aromatic heterocycles. The maximum Gasteiger partial charge on any atom is 0.273 e. The molecule has 0 aliphatic carbocycles. The minimum absolute atomic E-state index is 0.0541. The van der Waals surface area contributed by atoms with Gasteiger partial charge >= 0.3 is 0 Å². The normalized spacial score (nSPS) is 10.1. The number of aryl methyl sites for hydroxylation is 2. The minimum Gasteiger partial charge on any atom is -0.322 e. The molecule has 1 N–H and O–H groups in total. The molecule has 2 rings (SSSR count). The van der Waals surface area contributed by atoms with Crippen molar-refractivity contribution in [3.63, 3.8) is 0 Å². The van der Waals surface area contributed by atoms with E-state index in [1.165, 1.54) is 6.07 Å². The van der Waals surface area contributed by atoms with Crippen LogP contribution in [0.2, 0.25) is 0 Å². The van der Waals surface area contributed by atoms with Crippen LogP contribution in [0.4, 0.5) is 11.4 Å². The second-order valence-electron chi connectivity index (χ2n) is 4.58. The Morgan fingerprint density at radius 1 is 1.10 bits per heavy atom. The summed E-state index contributed by atoms with van der Waals surface area (Å²) < 4.78 is 0. The lowest BCUT2D eigenvalue weighted by atomic mass is 10.1.